The highest BCUT2D eigenvalue weighted by Crippen LogP contribution is 2.26. The molecule has 3 rings (SSSR count). The van der Waals surface area contributed by atoms with Crippen molar-refractivity contribution in [1.82, 2.24) is 14.9 Å². The molecule has 0 unspecified atom stereocenters. The lowest BCUT2D eigenvalue weighted by Crippen LogP contribution is -2.29. The van der Waals surface area contributed by atoms with E-state index in [-0.39, 0.29) is 12.6 Å². The molecule has 3 heterocycles. The van der Waals surface area contributed by atoms with Crippen LogP contribution in [0.2, 0.25) is 12.6 Å². The van der Waals surface area contributed by atoms with Gasteiger partial charge in [0.2, 0.25) is 0 Å². The van der Waals surface area contributed by atoms with E-state index in [1.54, 1.807) is 0 Å². The molecule has 0 atom stereocenters. The van der Waals surface area contributed by atoms with E-state index < -0.39 is 0 Å². The molecule has 2 N–H and O–H groups in total. The third-order valence-electron chi connectivity index (χ3n) is 4.68. The maximum Gasteiger partial charge on any atom is 0.268 e. The lowest BCUT2D eigenvalue weighted by molar-refractivity contribution is 0.0957. The molecular formula is C17H22BN5O. The molecule has 0 aromatic carbocycles. The second-order valence-electron chi connectivity index (χ2n) is 6.43. The number of hydrogen-bond donors (Lipinski definition) is 2. The van der Waals surface area contributed by atoms with Gasteiger partial charge in [0.1, 0.15) is 5.65 Å². The second kappa shape index (κ2) is 6.96. The largest absolute Gasteiger partial charge is 0.381 e. The third kappa shape index (κ3) is 3.23. The topological polar surface area (TPSA) is 82.7 Å². The predicted octanol–water partition coefficient (Wildman–Crippen LogP) is 2.45. The second-order valence-corrected chi connectivity index (χ2v) is 6.43. The Bertz CT molecular complexity index is 786. The first kappa shape index (κ1) is 16.4. The maximum absolute atomic E-state index is 12.2. The van der Waals surface area contributed by atoms with Crippen molar-refractivity contribution in [1.29, 1.82) is 5.26 Å². The first-order valence-corrected chi connectivity index (χ1v) is 8.51. The fraction of sp³-hybridized carbons (Fsp3) is 0.471. The molecule has 0 aliphatic carbocycles. The van der Waals surface area contributed by atoms with Crippen molar-refractivity contribution >= 4 is 29.3 Å². The van der Waals surface area contributed by atoms with Crippen molar-refractivity contribution in [3.05, 3.63) is 24.0 Å². The number of carbonyl (C=O) groups excluding carboxylic acids is 1. The molecule has 0 spiro atoms. The van der Waals surface area contributed by atoms with Crippen molar-refractivity contribution in [2.24, 2.45) is 7.05 Å². The van der Waals surface area contributed by atoms with Crippen LogP contribution in [0.3, 0.4) is 0 Å². The fourth-order valence-electron chi connectivity index (χ4n) is 3.38. The van der Waals surface area contributed by atoms with Crippen LogP contribution in [-0.4, -0.2) is 34.8 Å². The van der Waals surface area contributed by atoms with Gasteiger partial charge in [0, 0.05) is 37.2 Å². The molecule has 2 aromatic heterocycles. The van der Waals surface area contributed by atoms with E-state index in [2.05, 4.69) is 21.6 Å². The van der Waals surface area contributed by atoms with E-state index in [0.717, 1.165) is 42.2 Å². The van der Waals surface area contributed by atoms with E-state index in [1.807, 2.05) is 37.0 Å². The zero-order valence-corrected chi connectivity index (χ0v) is 14.2. The molecule has 0 bridgehead atoms. The van der Waals surface area contributed by atoms with Crippen LogP contribution in [0.1, 0.15) is 30.1 Å². The van der Waals surface area contributed by atoms with Crippen molar-refractivity contribution < 1.29 is 4.79 Å². The molecule has 1 aliphatic rings. The van der Waals surface area contributed by atoms with Gasteiger partial charge in [-0.1, -0.05) is 12.6 Å². The van der Waals surface area contributed by atoms with E-state index in [4.69, 9.17) is 5.26 Å². The van der Waals surface area contributed by atoms with Crippen LogP contribution in [0.5, 0.6) is 0 Å². The number of fused-ring (bicyclic) bond motifs is 1. The third-order valence-corrected chi connectivity index (χ3v) is 4.68. The number of carbonyl (C=O) groups is 1. The quantitative estimate of drug-likeness (QED) is 0.847. The Morgan fingerprint density at radius 3 is 2.92 bits per heavy atom. The summed E-state index contributed by atoms with van der Waals surface area (Å²) in [6, 6.07) is 2.37. The van der Waals surface area contributed by atoms with Crippen molar-refractivity contribution in [2.75, 3.05) is 11.9 Å². The van der Waals surface area contributed by atoms with E-state index in [0.29, 0.717) is 18.2 Å². The number of nitriles is 1. The Morgan fingerprint density at radius 1 is 1.50 bits per heavy atom. The monoisotopic (exact) mass is 323 g/mol. The number of pyridine rings is 1. The number of aromatic nitrogens is 2. The van der Waals surface area contributed by atoms with Gasteiger partial charge in [0.05, 0.1) is 17.4 Å². The van der Waals surface area contributed by atoms with Gasteiger partial charge >= 0.3 is 0 Å². The summed E-state index contributed by atoms with van der Waals surface area (Å²) in [6.07, 6.45) is 7.52. The lowest BCUT2D eigenvalue weighted by Gasteiger charge is -2.25. The van der Waals surface area contributed by atoms with Crippen molar-refractivity contribution in [3.63, 3.8) is 0 Å². The first-order valence-electron chi connectivity index (χ1n) is 8.51. The molecule has 124 valence electrons. The number of amides is 1. The highest BCUT2D eigenvalue weighted by Gasteiger charge is 2.24. The van der Waals surface area contributed by atoms with Crippen LogP contribution in [-0.2, 0) is 7.05 Å². The molecule has 1 amide bonds. The minimum atomic E-state index is -0.0726. The van der Waals surface area contributed by atoms with Gasteiger partial charge in [-0.3, -0.25) is 4.79 Å². The molecular weight excluding hydrogens is 301 g/mol. The summed E-state index contributed by atoms with van der Waals surface area (Å²) in [5.74, 6) is 2.29. The van der Waals surface area contributed by atoms with Crippen LogP contribution in [0.4, 0.5) is 5.69 Å². The summed E-state index contributed by atoms with van der Waals surface area (Å²) in [4.78, 5) is 16.7. The maximum atomic E-state index is 12.2. The minimum absolute atomic E-state index is 0.0726. The SMILES string of the molecule is CCNC(=O)c1cn(C)c2ncc(NC3CCB(C#N)CC3)cc12. The van der Waals surface area contributed by atoms with Gasteiger partial charge in [-0.25, -0.2) is 10.2 Å². The molecule has 24 heavy (non-hydrogen) atoms. The molecule has 1 fully saturated rings. The average molecular weight is 323 g/mol. The van der Waals surface area contributed by atoms with Crippen molar-refractivity contribution in [3.8, 4) is 5.97 Å². The predicted molar refractivity (Wildman–Crippen MR) is 96.3 cm³/mol. The Kier molecular flexibility index (Phi) is 4.75. The van der Waals surface area contributed by atoms with Crippen LogP contribution in [0.15, 0.2) is 18.5 Å². The van der Waals surface area contributed by atoms with Crippen LogP contribution in [0, 0.1) is 11.2 Å². The van der Waals surface area contributed by atoms with Crippen LogP contribution >= 0.6 is 0 Å². The van der Waals surface area contributed by atoms with E-state index in [1.165, 1.54) is 0 Å². The van der Waals surface area contributed by atoms with Gasteiger partial charge in [0.25, 0.3) is 12.6 Å². The summed E-state index contributed by atoms with van der Waals surface area (Å²) < 4.78 is 1.88. The zero-order chi connectivity index (χ0) is 17.1. The summed E-state index contributed by atoms with van der Waals surface area (Å²) in [6.45, 7) is 2.70. The van der Waals surface area contributed by atoms with E-state index in [9.17, 15) is 4.79 Å². The molecule has 1 saturated heterocycles. The van der Waals surface area contributed by atoms with Gasteiger partial charge < -0.3 is 15.2 Å². The Labute approximate surface area is 142 Å². The van der Waals surface area contributed by atoms with Gasteiger partial charge in [0.15, 0.2) is 0 Å². The van der Waals surface area contributed by atoms with E-state index >= 15 is 0 Å². The Balaban J connectivity index is 1.81. The highest BCUT2D eigenvalue weighted by atomic mass is 16.1. The number of rotatable bonds is 4. The van der Waals surface area contributed by atoms with Crippen molar-refractivity contribution in [2.45, 2.75) is 38.4 Å². The minimum Gasteiger partial charge on any atom is -0.381 e. The van der Waals surface area contributed by atoms with Crippen LogP contribution in [0.25, 0.3) is 11.0 Å². The molecule has 1 aliphatic heterocycles. The number of hydrogen-bond acceptors (Lipinski definition) is 4. The zero-order valence-electron chi connectivity index (χ0n) is 14.2. The standard InChI is InChI=1S/C17H22BN5O/c1-3-20-17(24)15-10-23(2)16-14(15)8-13(9-21-16)22-12-4-6-18(11-19)7-5-12/h8-10,12,22H,3-7H2,1-2H3,(H,20,24). The van der Waals surface area contributed by atoms with Crippen LogP contribution < -0.4 is 10.6 Å². The molecule has 6 nitrogen and oxygen atoms in total. The number of nitrogens with one attached hydrogen (secondary N) is 2. The molecule has 0 radical (unpaired) electrons. The average Bonchev–Trinajstić information content (AvgIpc) is 2.92. The summed E-state index contributed by atoms with van der Waals surface area (Å²) >= 11 is 0. The smallest absolute Gasteiger partial charge is 0.268 e. The summed E-state index contributed by atoms with van der Waals surface area (Å²) in [5.41, 5.74) is 2.38. The van der Waals surface area contributed by atoms with Gasteiger partial charge in [-0.2, -0.15) is 0 Å². The fourth-order valence-corrected chi connectivity index (χ4v) is 3.38. The summed E-state index contributed by atoms with van der Waals surface area (Å²) in [5, 5.41) is 16.2. The van der Waals surface area contributed by atoms with Gasteiger partial charge in [-0.15, -0.1) is 0 Å². The molecule has 0 saturated carbocycles. The summed E-state index contributed by atoms with van der Waals surface area (Å²) in [7, 11) is 1.90. The van der Waals surface area contributed by atoms with Gasteiger partial charge in [-0.05, 0) is 25.8 Å². The molecule has 7 heteroatoms. The lowest BCUT2D eigenvalue weighted by atomic mass is 9.42. The Hall–Kier alpha value is -2.49. The number of anilines is 1. The number of nitrogens with zero attached hydrogens (tertiary/aromatic N) is 3. The highest BCUT2D eigenvalue weighted by molar-refractivity contribution is 6.67. The Morgan fingerprint density at radius 2 is 2.25 bits per heavy atom. The first-order chi connectivity index (χ1) is 11.6. The number of aryl methyl sites for hydroxylation is 1. The molecule has 2 aromatic rings. The normalized spacial score (nSPS) is 15.3.